The average Bonchev–Trinajstić information content (AvgIpc) is 2.79. The Morgan fingerprint density at radius 3 is 2.38 bits per heavy atom. The van der Waals surface area contributed by atoms with E-state index in [9.17, 15) is 18.0 Å². The number of sulfonamides is 1. The summed E-state index contributed by atoms with van der Waals surface area (Å²) in [7, 11) is -2.45. The number of nitrogens with one attached hydrogen (secondary N) is 2. The molecule has 10 heteroatoms. The van der Waals surface area contributed by atoms with Crippen LogP contribution >= 0.6 is 11.6 Å². The van der Waals surface area contributed by atoms with Crippen LogP contribution < -0.4 is 14.8 Å². The minimum absolute atomic E-state index is 0.0156. The molecule has 0 fully saturated rings. The van der Waals surface area contributed by atoms with Crippen LogP contribution in [-0.2, 0) is 19.6 Å². The van der Waals surface area contributed by atoms with Crippen molar-refractivity contribution in [3.8, 4) is 5.75 Å². The van der Waals surface area contributed by atoms with Gasteiger partial charge < -0.3 is 14.8 Å². The van der Waals surface area contributed by atoms with Crippen LogP contribution in [-0.4, -0.2) is 34.0 Å². The van der Waals surface area contributed by atoms with Gasteiger partial charge in [0.1, 0.15) is 5.75 Å². The molecule has 0 aliphatic rings. The summed E-state index contributed by atoms with van der Waals surface area (Å²) in [6, 6.07) is 18.1. The predicted molar refractivity (Wildman–Crippen MR) is 121 cm³/mol. The van der Waals surface area contributed by atoms with Crippen molar-refractivity contribution < 1.29 is 27.5 Å². The number of carbonyl (C=O) groups excluding carboxylic acids is 2. The van der Waals surface area contributed by atoms with Gasteiger partial charge in [0, 0.05) is 22.5 Å². The fourth-order valence-corrected chi connectivity index (χ4v) is 3.86. The quantitative estimate of drug-likeness (QED) is 0.478. The van der Waals surface area contributed by atoms with Crippen LogP contribution in [0.4, 0.5) is 11.4 Å². The summed E-state index contributed by atoms with van der Waals surface area (Å²) >= 11 is 5.80. The van der Waals surface area contributed by atoms with Crippen molar-refractivity contribution in [3.63, 3.8) is 0 Å². The smallest absolute Gasteiger partial charge is 0.338 e. The van der Waals surface area contributed by atoms with Gasteiger partial charge in [0.15, 0.2) is 6.61 Å². The molecule has 32 heavy (non-hydrogen) atoms. The van der Waals surface area contributed by atoms with Crippen molar-refractivity contribution in [2.24, 2.45) is 0 Å². The maximum absolute atomic E-state index is 12.6. The molecule has 0 bridgehead atoms. The Labute approximate surface area is 190 Å². The molecule has 0 saturated heterocycles. The molecule has 2 N–H and O–H groups in total. The number of carbonyl (C=O) groups is 2. The average molecular weight is 475 g/mol. The molecule has 0 aliphatic heterocycles. The van der Waals surface area contributed by atoms with Crippen LogP contribution in [0.3, 0.4) is 0 Å². The fourth-order valence-electron chi connectivity index (χ4n) is 2.63. The van der Waals surface area contributed by atoms with E-state index in [2.05, 4.69) is 10.0 Å². The number of anilines is 2. The van der Waals surface area contributed by atoms with E-state index in [1.54, 1.807) is 36.4 Å². The Morgan fingerprint density at radius 1 is 0.938 bits per heavy atom. The van der Waals surface area contributed by atoms with E-state index >= 15 is 0 Å². The molecule has 0 atom stereocenters. The Hall–Kier alpha value is -3.56. The van der Waals surface area contributed by atoms with Crippen LogP contribution in [0.5, 0.6) is 5.75 Å². The van der Waals surface area contributed by atoms with Crippen molar-refractivity contribution in [1.82, 2.24) is 0 Å². The summed E-state index contributed by atoms with van der Waals surface area (Å²) in [6.07, 6.45) is 0. The first-order chi connectivity index (χ1) is 15.3. The number of amides is 1. The van der Waals surface area contributed by atoms with Crippen molar-refractivity contribution in [2.45, 2.75) is 4.90 Å². The molecule has 0 aromatic heterocycles. The molecule has 0 saturated carbocycles. The van der Waals surface area contributed by atoms with Crippen molar-refractivity contribution in [2.75, 3.05) is 23.8 Å². The Balaban J connectivity index is 1.63. The maximum atomic E-state index is 12.6. The summed E-state index contributed by atoms with van der Waals surface area (Å²) in [5, 5.41) is 3.04. The van der Waals surface area contributed by atoms with Crippen LogP contribution in [0, 0.1) is 0 Å². The lowest BCUT2D eigenvalue weighted by molar-refractivity contribution is -0.119. The normalized spacial score (nSPS) is 10.8. The molecular weight excluding hydrogens is 456 g/mol. The number of methoxy groups -OCH3 is 1. The monoisotopic (exact) mass is 474 g/mol. The molecule has 8 nitrogen and oxygen atoms in total. The minimum atomic E-state index is -3.95. The lowest BCUT2D eigenvalue weighted by Crippen LogP contribution is -2.21. The second-order valence-electron chi connectivity index (χ2n) is 6.50. The number of rotatable bonds is 8. The first kappa shape index (κ1) is 23.1. The van der Waals surface area contributed by atoms with Crippen molar-refractivity contribution >= 4 is 44.9 Å². The van der Waals surface area contributed by atoms with Gasteiger partial charge in [-0.1, -0.05) is 23.7 Å². The van der Waals surface area contributed by atoms with Crippen LogP contribution in [0.25, 0.3) is 0 Å². The molecule has 0 spiro atoms. The number of hydrogen-bond acceptors (Lipinski definition) is 6. The van der Waals surface area contributed by atoms with Gasteiger partial charge in [-0.3, -0.25) is 9.52 Å². The number of halogens is 1. The molecule has 0 aliphatic carbocycles. The second kappa shape index (κ2) is 10.2. The molecule has 166 valence electrons. The zero-order valence-electron chi connectivity index (χ0n) is 16.9. The molecule has 0 heterocycles. The largest absolute Gasteiger partial charge is 0.497 e. The lowest BCUT2D eigenvalue weighted by atomic mass is 10.2. The molecule has 3 rings (SSSR count). The highest BCUT2D eigenvalue weighted by atomic mass is 35.5. The summed E-state index contributed by atoms with van der Waals surface area (Å²) in [6.45, 7) is -0.546. The van der Waals surface area contributed by atoms with E-state index in [1.807, 2.05) is 0 Å². The third-order valence-corrected chi connectivity index (χ3v) is 5.80. The van der Waals surface area contributed by atoms with E-state index < -0.39 is 28.5 Å². The van der Waals surface area contributed by atoms with E-state index in [-0.39, 0.29) is 10.5 Å². The topological polar surface area (TPSA) is 111 Å². The van der Waals surface area contributed by atoms with Gasteiger partial charge in [-0.05, 0) is 54.6 Å². The highest BCUT2D eigenvalue weighted by molar-refractivity contribution is 7.92. The van der Waals surface area contributed by atoms with E-state index in [0.717, 1.165) is 0 Å². The van der Waals surface area contributed by atoms with E-state index in [0.29, 0.717) is 22.1 Å². The first-order valence-corrected chi connectivity index (χ1v) is 11.1. The van der Waals surface area contributed by atoms with Gasteiger partial charge in [0.25, 0.3) is 15.9 Å². The highest BCUT2D eigenvalue weighted by Crippen LogP contribution is 2.20. The third kappa shape index (κ3) is 6.22. The molecule has 3 aromatic rings. The molecule has 0 radical (unpaired) electrons. The standard InChI is InChI=1S/C22H19ClN2O6S/c1-30-19-6-3-5-18(13-19)24-21(26)14-31-22(27)15-4-2-7-20(12-15)32(28,29)25-17-10-8-16(23)9-11-17/h2-13,25H,14H2,1H3,(H,24,26). The summed E-state index contributed by atoms with van der Waals surface area (Å²) in [5.74, 6) is -0.834. The van der Waals surface area contributed by atoms with Crippen LogP contribution in [0.2, 0.25) is 5.02 Å². The fraction of sp³-hybridized carbons (Fsp3) is 0.0909. The summed E-state index contributed by atoms with van der Waals surface area (Å²) in [5.41, 5.74) is 0.779. The van der Waals surface area contributed by atoms with Crippen LogP contribution in [0.15, 0.2) is 77.7 Å². The number of hydrogen-bond donors (Lipinski definition) is 2. The third-order valence-electron chi connectivity index (χ3n) is 4.16. The van der Waals surface area contributed by atoms with Gasteiger partial charge in [-0.2, -0.15) is 0 Å². The van der Waals surface area contributed by atoms with Gasteiger partial charge in [-0.15, -0.1) is 0 Å². The molecular formula is C22H19ClN2O6S. The number of benzene rings is 3. The predicted octanol–water partition coefficient (Wildman–Crippen LogP) is 3.94. The highest BCUT2D eigenvalue weighted by Gasteiger charge is 2.18. The van der Waals surface area contributed by atoms with Gasteiger partial charge >= 0.3 is 5.97 Å². The van der Waals surface area contributed by atoms with Crippen molar-refractivity contribution in [3.05, 3.63) is 83.4 Å². The second-order valence-corrected chi connectivity index (χ2v) is 8.62. The summed E-state index contributed by atoms with van der Waals surface area (Å²) < 4.78 is 37.7. The van der Waals surface area contributed by atoms with E-state index in [1.165, 1.54) is 43.5 Å². The minimum Gasteiger partial charge on any atom is -0.497 e. The summed E-state index contributed by atoms with van der Waals surface area (Å²) in [4.78, 5) is 24.2. The van der Waals surface area contributed by atoms with Gasteiger partial charge in [0.05, 0.1) is 17.6 Å². The zero-order chi connectivity index (χ0) is 23.1. The molecule has 0 unspecified atom stereocenters. The van der Waals surface area contributed by atoms with Gasteiger partial charge in [0.2, 0.25) is 0 Å². The lowest BCUT2D eigenvalue weighted by Gasteiger charge is -2.10. The number of ether oxygens (including phenoxy) is 2. The Morgan fingerprint density at radius 2 is 1.66 bits per heavy atom. The molecule has 1 amide bonds. The Kier molecular flexibility index (Phi) is 7.34. The first-order valence-electron chi connectivity index (χ1n) is 9.26. The van der Waals surface area contributed by atoms with Gasteiger partial charge in [-0.25, -0.2) is 13.2 Å². The van der Waals surface area contributed by atoms with Crippen LogP contribution in [0.1, 0.15) is 10.4 Å². The molecule has 3 aromatic carbocycles. The van der Waals surface area contributed by atoms with Crippen molar-refractivity contribution in [1.29, 1.82) is 0 Å². The SMILES string of the molecule is COc1cccc(NC(=O)COC(=O)c2cccc(S(=O)(=O)Nc3ccc(Cl)cc3)c2)c1. The van der Waals surface area contributed by atoms with E-state index in [4.69, 9.17) is 21.1 Å². The number of esters is 1. The Bertz CT molecular complexity index is 1230. The zero-order valence-corrected chi connectivity index (χ0v) is 18.4. The maximum Gasteiger partial charge on any atom is 0.338 e.